The Balaban J connectivity index is 1.81. The van der Waals surface area contributed by atoms with E-state index in [0.717, 1.165) is 30.6 Å². The number of rotatable bonds is 1. The molecule has 3 rings (SSSR count). The van der Waals surface area contributed by atoms with E-state index in [1.807, 2.05) is 12.1 Å². The molecule has 2 atom stereocenters. The van der Waals surface area contributed by atoms with Crippen LogP contribution in [0.1, 0.15) is 37.7 Å². The van der Waals surface area contributed by atoms with Crippen LogP contribution in [-0.2, 0) is 0 Å². The SMILES string of the molecule is N#Cc1cc(Cl)ccc1N1CCC2CCCCC2C1. The summed E-state index contributed by atoms with van der Waals surface area (Å²) in [5.74, 6) is 1.74. The van der Waals surface area contributed by atoms with Crippen molar-refractivity contribution in [2.45, 2.75) is 32.1 Å². The fourth-order valence-electron chi connectivity index (χ4n) is 3.69. The third kappa shape index (κ3) is 2.58. The van der Waals surface area contributed by atoms with Crippen molar-refractivity contribution >= 4 is 17.3 Å². The number of piperidine rings is 1. The van der Waals surface area contributed by atoms with Crippen molar-refractivity contribution in [2.24, 2.45) is 11.8 Å². The minimum Gasteiger partial charge on any atom is -0.370 e. The molecule has 100 valence electrons. The van der Waals surface area contributed by atoms with E-state index >= 15 is 0 Å². The Morgan fingerprint density at radius 2 is 1.95 bits per heavy atom. The summed E-state index contributed by atoms with van der Waals surface area (Å²) in [7, 11) is 0. The standard InChI is InChI=1S/C16H19ClN2/c17-15-5-6-16(14(9-15)10-18)19-8-7-12-3-1-2-4-13(12)11-19/h5-6,9,12-13H,1-4,7-8,11H2. The molecule has 1 aromatic carbocycles. The Morgan fingerprint density at radius 1 is 1.16 bits per heavy atom. The third-order valence-electron chi connectivity index (χ3n) is 4.71. The highest BCUT2D eigenvalue weighted by Crippen LogP contribution is 2.38. The molecule has 1 aromatic rings. The second kappa shape index (κ2) is 5.43. The number of nitrogens with zero attached hydrogens (tertiary/aromatic N) is 2. The average molecular weight is 275 g/mol. The first-order valence-corrected chi connectivity index (χ1v) is 7.60. The summed E-state index contributed by atoms with van der Waals surface area (Å²) in [6.07, 6.45) is 6.82. The molecule has 0 bridgehead atoms. The quantitative estimate of drug-likeness (QED) is 0.766. The molecule has 2 aliphatic rings. The van der Waals surface area contributed by atoms with E-state index in [0.29, 0.717) is 10.6 Å². The molecule has 1 heterocycles. The van der Waals surface area contributed by atoms with Gasteiger partial charge in [-0.05, 0) is 42.9 Å². The number of hydrogen-bond acceptors (Lipinski definition) is 2. The summed E-state index contributed by atoms with van der Waals surface area (Å²) in [5, 5.41) is 9.92. The van der Waals surface area contributed by atoms with Crippen LogP contribution < -0.4 is 4.90 Å². The normalized spacial score (nSPS) is 26.6. The second-order valence-electron chi connectivity index (χ2n) is 5.81. The van der Waals surface area contributed by atoms with Gasteiger partial charge in [-0.2, -0.15) is 5.26 Å². The molecule has 3 heteroatoms. The molecule has 2 nitrogen and oxygen atoms in total. The fourth-order valence-corrected chi connectivity index (χ4v) is 3.87. The summed E-state index contributed by atoms with van der Waals surface area (Å²) in [5.41, 5.74) is 1.78. The van der Waals surface area contributed by atoms with E-state index in [1.165, 1.54) is 32.1 Å². The molecule has 2 fully saturated rings. The van der Waals surface area contributed by atoms with Gasteiger partial charge < -0.3 is 4.90 Å². The molecular formula is C16H19ClN2. The Hall–Kier alpha value is -1.20. The number of fused-ring (bicyclic) bond motifs is 1. The maximum Gasteiger partial charge on any atom is 0.101 e. The van der Waals surface area contributed by atoms with Gasteiger partial charge in [-0.3, -0.25) is 0 Å². The lowest BCUT2D eigenvalue weighted by atomic mass is 9.75. The zero-order chi connectivity index (χ0) is 13.2. The highest BCUT2D eigenvalue weighted by molar-refractivity contribution is 6.30. The topological polar surface area (TPSA) is 27.0 Å². The van der Waals surface area contributed by atoms with Crippen LogP contribution in [0, 0.1) is 23.2 Å². The van der Waals surface area contributed by atoms with Crippen LogP contribution in [0.2, 0.25) is 5.02 Å². The van der Waals surface area contributed by atoms with Gasteiger partial charge in [0.15, 0.2) is 0 Å². The summed E-state index contributed by atoms with van der Waals surface area (Å²) in [4.78, 5) is 2.39. The van der Waals surface area contributed by atoms with Crippen LogP contribution in [0.15, 0.2) is 18.2 Å². The molecule has 0 radical (unpaired) electrons. The first kappa shape index (κ1) is 12.8. The van der Waals surface area contributed by atoms with Crippen molar-refractivity contribution in [1.82, 2.24) is 0 Å². The van der Waals surface area contributed by atoms with Crippen molar-refractivity contribution in [3.8, 4) is 6.07 Å². The molecule has 1 saturated heterocycles. The van der Waals surface area contributed by atoms with Gasteiger partial charge in [-0.25, -0.2) is 0 Å². The van der Waals surface area contributed by atoms with Gasteiger partial charge in [-0.1, -0.05) is 30.9 Å². The van der Waals surface area contributed by atoms with E-state index in [9.17, 15) is 5.26 Å². The minimum atomic E-state index is 0.646. The van der Waals surface area contributed by atoms with Crippen molar-refractivity contribution in [2.75, 3.05) is 18.0 Å². The highest BCUT2D eigenvalue weighted by Gasteiger charge is 2.31. The minimum absolute atomic E-state index is 0.646. The summed E-state index contributed by atoms with van der Waals surface area (Å²) < 4.78 is 0. The number of nitriles is 1. The number of anilines is 1. The molecule has 1 saturated carbocycles. The summed E-state index contributed by atoms with van der Waals surface area (Å²) >= 11 is 5.98. The molecule has 0 N–H and O–H groups in total. The molecule has 1 aliphatic carbocycles. The first-order valence-electron chi connectivity index (χ1n) is 7.22. The van der Waals surface area contributed by atoms with Gasteiger partial charge in [0.1, 0.15) is 6.07 Å². The predicted molar refractivity (Wildman–Crippen MR) is 78.4 cm³/mol. The van der Waals surface area contributed by atoms with E-state index in [-0.39, 0.29) is 0 Å². The van der Waals surface area contributed by atoms with Crippen LogP contribution in [0.3, 0.4) is 0 Å². The highest BCUT2D eigenvalue weighted by atomic mass is 35.5. The van der Waals surface area contributed by atoms with Gasteiger partial charge in [0.2, 0.25) is 0 Å². The van der Waals surface area contributed by atoms with Crippen LogP contribution >= 0.6 is 11.6 Å². The Morgan fingerprint density at radius 3 is 2.74 bits per heavy atom. The lowest BCUT2D eigenvalue weighted by Crippen LogP contribution is -2.42. The first-order chi connectivity index (χ1) is 9.28. The summed E-state index contributed by atoms with van der Waals surface area (Å²) in [6.45, 7) is 2.19. The zero-order valence-corrected chi connectivity index (χ0v) is 11.9. The predicted octanol–water partition coefficient (Wildman–Crippen LogP) is 4.23. The van der Waals surface area contributed by atoms with Gasteiger partial charge >= 0.3 is 0 Å². The van der Waals surface area contributed by atoms with E-state index in [2.05, 4.69) is 11.0 Å². The Kier molecular flexibility index (Phi) is 3.66. The lowest BCUT2D eigenvalue weighted by molar-refractivity contribution is 0.202. The van der Waals surface area contributed by atoms with Gasteiger partial charge in [0.05, 0.1) is 11.3 Å². The number of halogens is 1. The van der Waals surface area contributed by atoms with Crippen molar-refractivity contribution in [3.05, 3.63) is 28.8 Å². The smallest absolute Gasteiger partial charge is 0.101 e. The average Bonchev–Trinajstić information content (AvgIpc) is 2.46. The maximum atomic E-state index is 9.27. The van der Waals surface area contributed by atoms with Gasteiger partial charge in [0.25, 0.3) is 0 Å². The monoisotopic (exact) mass is 274 g/mol. The summed E-state index contributed by atoms with van der Waals surface area (Å²) in [6, 6.07) is 7.96. The molecule has 0 aromatic heterocycles. The van der Waals surface area contributed by atoms with Crippen molar-refractivity contribution in [1.29, 1.82) is 5.26 Å². The third-order valence-corrected chi connectivity index (χ3v) is 4.95. The molecule has 1 aliphatic heterocycles. The second-order valence-corrected chi connectivity index (χ2v) is 6.25. The maximum absolute atomic E-state index is 9.27. The molecule has 0 spiro atoms. The largest absolute Gasteiger partial charge is 0.370 e. The van der Waals surface area contributed by atoms with E-state index in [1.54, 1.807) is 6.07 Å². The molecular weight excluding hydrogens is 256 g/mol. The Bertz CT molecular complexity index is 506. The van der Waals surface area contributed by atoms with Crippen LogP contribution in [0.4, 0.5) is 5.69 Å². The van der Waals surface area contributed by atoms with Crippen molar-refractivity contribution < 1.29 is 0 Å². The van der Waals surface area contributed by atoms with Gasteiger partial charge in [0, 0.05) is 18.1 Å². The van der Waals surface area contributed by atoms with Crippen LogP contribution in [-0.4, -0.2) is 13.1 Å². The van der Waals surface area contributed by atoms with Crippen LogP contribution in [0.25, 0.3) is 0 Å². The number of benzene rings is 1. The molecule has 0 amide bonds. The van der Waals surface area contributed by atoms with Crippen molar-refractivity contribution in [3.63, 3.8) is 0 Å². The zero-order valence-electron chi connectivity index (χ0n) is 11.1. The fraction of sp³-hybridized carbons (Fsp3) is 0.562. The van der Waals surface area contributed by atoms with Gasteiger partial charge in [-0.15, -0.1) is 0 Å². The molecule has 2 unspecified atom stereocenters. The van der Waals surface area contributed by atoms with E-state index < -0.39 is 0 Å². The lowest BCUT2D eigenvalue weighted by Gasteiger charge is -2.42. The van der Waals surface area contributed by atoms with E-state index in [4.69, 9.17) is 11.6 Å². The van der Waals surface area contributed by atoms with Crippen LogP contribution in [0.5, 0.6) is 0 Å². The Labute approximate surface area is 120 Å². The number of hydrogen-bond donors (Lipinski definition) is 0. The molecule has 19 heavy (non-hydrogen) atoms.